The summed E-state index contributed by atoms with van der Waals surface area (Å²) in [6.45, 7) is 9.52. The summed E-state index contributed by atoms with van der Waals surface area (Å²) in [7, 11) is -6.86. The first-order chi connectivity index (χ1) is 27.5. The number of rotatable bonds is 43. The Hall–Kier alpha value is 0.0600. The van der Waals surface area contributed by atoms with Gasteiger partial charge in [-0.1, -0.05) is 155 Å². The predicted molar refractivity (Wildman–Crippen MR) is 223 cm³/mol. The van der Waals surface area contributed by atoms with Crippen LogP contribution in [-0.2, 0) is 55.2 Å². The molecule has 0 amide bonds. The number of phosphoric acid groups is 2. The molecule has 0 N–H and O–H groups in total. The summed E-state index contributed by atoms with van der Waals surface area (Å²) in [5.74, 6) is 0. The summed E-state index contributed by atoms with van der Waals surface area (Å²) in [5, 5.41) is 0. The number of hydrogen-bond acceptors (Lipinski definition) is 12. The van der Waals surface area contributed by atoms with Crippen LogP contribution in [0.3, 0.4) is 0 Å². The van der Waals surface area contributed by atoms with Crippen LogP contribution in [0.2, 0.25) is 0 Å². The van der Waals surface area contributed by atoms with Crippen molar-refractivity contribution in [3.05, 3.63) is 0 Å². The lowest BCUT2D eigenvalue weighted by molar-refractivity contribution is -0.0430. The Bertz CT molecular complexity index is 867. The molecular weight excluding hydrogens is 758 g/mol. The van der Waals surface area contributed by atoms with Crippen LogP contribution < -0.4 is 0 Å². The van der Waals surface area contributed by atoms with Crippen LogP contribution in [0.5, 0.6) is 0 Å². The topological polar surface area (TPSA) is 126 Å². The average Bonchev–Trinajstić information content (AvgIpc) is 3.85. The first-order valence-corrected chi connectivity index (χ1v) is 25.9. The van der Waals surface area contributed by atoms with Gasteiger partial charge in [0.25, 0.3) is 0 Å². The standard InChI is InChI=1S/C42H84O12P2/c1-3-5-7-9-23-27-31-47-41(39-53-55(43)49-33-34-50-55)37-45-29-25-21-19-17-15-13-11-12-14-16-18-20-22-26-30-46-38-42(40-54-56(44)51-35-36-52-56)48-32-28-24-10-8-6-4-2/h41-42H,3-40H2,1-2H3/t41-,42-/m1/s1. The fraction of sp³-hybridized carbons (Fsp3) is 1.00. The molecule has 334 valence electrons. The second-order valence-corrected chi connectivity index (χ2v) is 18.8. The van der Waals surface area contributed by atoms with Crippen molar-refractivity contribution in [1.29, 1.82) is 0 Å². The van der Waals surface area contributed by atoms with Gasteiger partial charge in [0.05, 0.1) is 52.9 Å². The van der Waals surface area contributed by atoms with Crippen molar-refractivity contribution in [1.82, 2.24) is 0 Å². The molecule has 2 atom stereocenters. The third-order valence-electron chi connectivity index (χ3n) is 10.1. The van der Waals surface area contributed by atoms with Gasteiger partial charge in [0, 0.05) is 26.4 Å². The summed E-state index contributed by atoms with van der Waals surface area (Å²) in [4.78, 5) is 0. The lowest BCUT2D eigenvalue weighted by Crippen LogP contribution is -2.26. The molecule has 2 rings (SSSR count). The molecule has 0 aromatic rings. The molecule has 14 heteroatoms. The zero-order chi connectivity index (χ0) is 40.1. The van der Waals surface area contributed by atoms with E-state index >= 15 is 0 Å². The molecule has 0 radical (unpaired) electrons. The van der Waals surface area contributed by atoms with Gasteiger partial charge >= 0.3 is 15.6 Å². The van der Waals surface area contributed by atoms with Gasteiger partial charge in [-0.15, -0.1) is 0 Å². The van der Waals surface area contributed by atoms with Crippen molar-refractivity contribution < 1.29 is 55.2 Å². The highest BCUT2D eigenvalue weighted by Crippen LogP contribution is 2.53. The van der Waals surface area contributed by atoms with E-state index in [4.69, 9.17) is 46.1 Å². The number of phosphoric ester groups is 2. The molecule has 2 saturated heterocycles. The van der Waals surface area contributed by atoms with Crippen LogP contribution in [0.25, 0.3) is 0 Å². The van der Waals surface area contributed by atoms with Gasteiger partial charge < -0.3 is 18.9 Å². The summed E-state index contributed by atoms with van der Waals surface area (Å²) in [5.41, 5.74) is 0. The highest BCUT2D eigenvalue weighted by molar-refractivity contribution is 7.49. The van der Waals surface area contributed by atoms with Crippen LogP contribution in [0, 0.1) is 0 Å². The van der Waals surface area contributed by atoms with E-state index in [0.29, 0.717) is 66.1 Å². The molecule has 0 aromatic carbocycles. The first kappa shape index (κ1) is 52.2. The molecule has 0 bridgehead atoms. The smallest absolute Gasteiger partial charge is 0.379 e. The van der Waals surface area contributed by atoms with Crippen molar-refractivity contribution in [2.24, 2.45) is 0 Å². The van der Waals surface area contributed by atoms with Crippen molar-refractivity contribution in [2.45, 2.75) is 193 Å². The van der Waals surface area contributed by atoms with Gasteiger partial charge in [0.15, 0.2) is 0 Å². The molecule has 0 spiro atoms. The van der Waals surface area contributed by atoms with Crippen molar-refractivity contribution in [3.63, 3.8) is 0 Å². The average molecular weight is 843 g/mol. The Balaban J connectivity index is 1.38. The Morgan fingerprint density at radius 3 is 0.946 bits per heavy atom. The van der Waals surface area contributed by atoms with Gasteiger partial charge in [0.2, 0.25) is 0 Å². The predicted octanol–water partition coefficient (Wildman–Crippen LogP) is 12.3. The third-order valence-corrected chi connectivity index (χ3v) is 13.1. The van der Waals surface area contributed by atoms with E-state index in [-0.39, 0.29) is 25.4 Å². The van der Waals surface area contributed by atoms with E-state index < -0.39 is 15.6 Å². The molecular formula is C42H84O12P2. The summed E-state index contributed by atoms with van der Waals surface area (Å²) in [6, 6.07) is 0. The summed E-state index contributed by atoms with van der Waals surface area (Å²) < 4.78 is 80.2. The highest BCUT2D eigenvalue weighted by atomic mass is 31.2. The SMILES string of the molecule is CCCCCCCCO[C@H](COCCCCCCCCCCCCCCCCOC[C@H](COP1(=O)OCCO1)OCCCCCCCC)COP1(=O)OCCO1. The van der Waals surface area contributed by atoms with E-state index in [2.05, 4.69) is 13.8 Å². The second kappa shape index (κ2) is 36.9. The van der Waals surface area contributed by atoms with E-state index in [1.165, 1.54) is 128 Å². The van der Waals surface area contributed by atoms with Gasteiger partial charge in [-0.05, 0) is 25.7 Å². The third kappa shape index (κ3) is 30.1. The fourth-order valence-electron chi connectivity index (χ4n) is 6.68. The lowest BCUT2D eigenvalue weighted by atomic mass is 10.0. The van der Waals surface area contributed by atoms with Crippen LogP contribution >= 0.6 is 15.6 Å². The van der Waals surface area contributed by atoms with Crippen LogP contribution in [-0.4, -0.2) is 91.5 Å². The van der Waals surface area contributed by atoms with Crippen molar-refractivity contribution in [3.8, 4) is 0 Å². The Morgan fingerprint density at radius 1 is 0.375 bits per heavy atom. The van der Waals surface area contributed by atoms with E-state index in [1.807, 2.05) is 0 Å². The van der Waals surface area contributed by atoms with Gasteiger partial charge in [-0.25, -0.2) is 9.13 Å². The molecule has 2 aliphatic heterocycles. The Kier molecular flexibility index (Phi) is 34.4. The van der Waals surface area contributed by atoms with Crippen LogP contribution in [0.15, 0.2) is 0 Å². The molecule has 56 heavy (non-hydrogen) atoms. The minimum atomic E-state index is -3.43. The van der Waals surface area contributed by atoms with Crippen molar-refractivity contribution in [2.75, 3.05) is 79.3 Å². The second-order valence-electron chi connectivity index (χ2n) is 15.4. The van der Waals surface area contributed by atoms with Gasteiger partial charge in [-0.3, -0.25) is 27.1 Å². The summed E-state index contributed by atoms with van der Waals surface area (Å²) in [6.07, 6.45) is 31.4. The Morgan fingerprint density at radius 2 is 0.643 bits per heavy atom. The van der Waals surface area contributed by atoms with Crippen molar-refractivity contribution >= 4 is 15.6 Å². The zero-order valence-corrected chi connectivity index (χ0v) is 37.6. The number of hydrogen-bond donors (Lipinski definition) is 0. The zero-order valence-electron chi connectivity index (χ0n) is 35.8. The molecule has 0 aromatic heterocycles. The molecule has 2 heterocycles. The fourth-order valence-corrected chi connectivity index (χ4v) is 9.02. The van der Waals surface area contributed by atoms with E-state index in [0.717, 1.165) is 38.5 Å². The molecule has 0 unspecified atom stereocenters. The quantitative estimate of drug-likeness (QED) is 0.0428. The maximum atomic E-state index is 12.4. The maximum absolute atomic E-state index is 12.4. The largest absolute Gasteiger partial charge is 0.475 e. The molecule has 0 aliphatic carbocycles. The first-order valence-electron chi connectivity index (χ1n) is 22.9. The molecule has 0 saturated carbocycles. The van der Waals surface area contributed by atoms with E-state index in [9.17, 15) is 9.13 Å². The highest BCUT2D eigenvalue weighted by Gasteiger charge is 2.34. The minimum Gasteiger partial charge on any atom is -0.379 e. The van der Waals surface area contributed by atoms with Gasteiger partial charge in [0.1, 0.15) is 12.2 Å². The van der Waals surface area contributed by atoms with Crippen LogP contribution in [0.4, 0.5) is 0 Å². The molecule has 2 fully saturated rings. The lowest BCUT2D eigenvalue weighted by Gasteiger charge is -2.19. The number of ether oxygens (including phenoxy) is 4. The monoisotopic (exact) mass is 843 g/mol. The maximum Gasteiger partial charge on any atom is 0.475 e. The van der Waals surface area contributed by atoms with E-state index in [1.54, 1.807) is 0 Å². The normalized spacial score (nSPS) is 17.5. The summed E-state index contributed by atoms with van der Waals surface area (Å²) >= 11 is 0. The minimum absolute atomic E-state index is 0.150. The Labute approximate surface area is 342 Å². The molecule has 2 aliphatic rings. The molecule has 12 nitrogen and oxygen atoms in total. The number of unbranched alkanes of at least 4 members (excludes halogenated alkanes) is 23. The van der Waals surface area contributed by atoms with Crippen LogP contribution in [0.1, 0.15) is 181 Å². The van der Waals surface area contributed by atoms with Gasteiger partial charge in [-0.2, -0.15) is 0 Å².